The minimum atomic E-state index is -0.282. The van der Waals surface area contributed by atoms with Gasteiger partial charge in [0.2, 0.25) is 0 Å². The van der Waals surface area contributed by atoms with Crippen LogP contribution < -0.4 is 14.9 Å². The van der Waals surface area contributed by atoms with Crippen LogP contribution >= 0.6 is 22.6 Å². The van der Waals surface area contributed by atoms with Crippen molar-refractivity contribution in [2.24, 2.45) is 5.10 Å². The van der Waals surface area contributed by atoms with Crippen LogP contribution in [0.15, 0.2) is 47.6 Å². The minimum absolute atomic E-state index is 0.282. The Morgan fingerprint density at radius 2 is 2.04 bits per heavy atom. The lowest BCUT2D eigenvalue weighted by atomic mass is 10.2. The van der Waals surface area contributed by atoms with Crippen molar-refractivity contribution in [2.45, 2.75) is 6.92 Å². The van der Waals surface area contributed by atoms with E-state index >= 15 is 0 Å². The lowest BCUT2D eigenvalue weighted by molar-refractivity contribution is 0.0955. The van der Waals surface area contributed by atoms with Crippen LogP contribution in [-0.4, -0.2) is 25.8 Å². The molecule has 0 aliphatic heterocycles. The molecule has 0 atom stereocenters. The molecule has 0 aliphatic carbocycles. The van der Waals surface area contributed by atoms with Crippen molar-refractivity contribution in [1.82, 2.24) is 5.43 Å². The van der Waals surface area contributed by atoms with E-state index in [0.717, 1.165) is 20.6 Å². The zero-order valence-corrected chi connectivity index (χ0v) is 15.0. The first-order chi connectivity index (χ1) is 11.2. The van der Waals surface area contributed by atoms with Gasteiger partial charge in [-0.1, -0.05) is 12.1 Å². The number of hydrogen-bond acceptors (Lipinski definition) is 4. The molecule has 2 aromatic carbocycles. The SMILES string of the molecule is CCOc1ccccc1/C=N\NC(=O)c1ccc(OC)c(I)c1. The quantitative estimate of drug-likeness (QED) is 0.439. The Bertz CT molecular complexity index is 717. The molecule has 0 unspecified atom stereocenters. The summed E-state index contributed by atoms with van der Waals surface area (Å²) in [5.74, 6) is 1.18. The summed E-state index contributed by atoms with van der Waals surface area (Å²) >= 11 is 2.12. The molecule has 2 aromatic rings. The molecule has 0 aliphatic rings. The second-order valence-corrected chi connectivity index (χ2v) is 5.68. The van der Waals surface area contributed by atoms with Gasteiger partial charge in [-0.25, -0.2) is 5.43 Å². The first-order valence-corrected chi connectivity index (χ1v) is 8.12. The Hall–Kier alpha value is -2.09. The van der Waals surface area contributed by atoms with E-state index in [1.165, 1.54) is 0 Å². The van der Waals surface area contributed by atoms with Crippen molar-refractivity contribution in [3.8, 4) is 11.5 Å². The van der Waals surface area contributed by atoms with Gasteiger partial charge < -0.3 is 9.47 Å². The fourth-order valence-electron chi connectivity index (χ4n) is 1.91. The number of carbonyl (C=O) groups excluding carboxylic acids is 1. The number of carbonyl (C=O) groups is 1. The van der Waals surface area contributed by atoms with Crippen LogP contribution in [0.3, 0.4) is 0 Å². The Labute approximate surface area is 148 Å². The summed E-state index contributed by atoms with van der Waals surface area (Å²) in [6.07, 6.45) is 1.57. The Balaban J connectivity index is 2.05. The average molecular weight is 424 g/mol. The lowest BCUT2D eigenvalue weighted by Crippen LogP contribution is -2.17. The number of amides is 1. The zero-order valence-electron chi connectivity index (χ0n) is 12.9. The largest absolute Gasteiger partial charge is 0.496 e. The van der Waals surface area contributed by atoms with Gasteiger partial charge in [-0.05, 0) is 59.8 Å². The van der Waals surface area contributed by atoms with E-state index in [1.807, 2.05) is 31.2 Å². The summed E-state index contributed by atoms with van der Waals surface area (Å²) in [4.78, 5) is 12.1. The lowest BCUT2D eigenvalue weighted by Gasteiger charge is -2.06. The zero-order chi connectivity index (χ0) is 16.7. The highest BCUT2D eigenvalue weighted by Crippen LogP contribution is 2.21. The van der Waals surface area contributed by atoms with Crippen LogP contribution in [0.4, 0.5) is 0 Å². The smallest absolute Gasteiger partial charge is 0.271 e. The van der Waals surface area contributed by atoms with Gasteiger partial charge in [-0.2, -0.15) is 5.10 Å². The van der Waals surface area contributed by atoms with Crippen LogP contribution in [-0.2, 0) is 0 Å². The molecule has 0 aromatic heterocycles. The van der Waals surface area contributed by atoms with E-state index < -0.39 is 0 Å². The van der Waals surface area contributed by atoms with Gasteiger partial charge in [-0.15, -0.1) is 0 Å². The van der Waals surface area contributed by atoms with Gasteiger partial charge in [0.25, 0.3) is 5.91 Å². The highest BCUT2D eigenvalue weighted by atomic mass is 127. The van der Waals surface area contributed by atoms with Gasteiger partial charge in [-0.3, -0.25) is 4.79 Å². The molecule has 120 valence electrons. The maximum absolute atomic E-state index is 12.1. The van der Waals surface area contributed by atoms with Gasteiger partial charge >= 0.3 is 0 Å². The normalized spacial score (nSPS) is 10.6. The number of hydrogen-bond donors (Lipinski definition) is 1. The highest BCUT2D eigenvalue weighted by Gasteiger charge is 2.08. The molecular formula is C17H17IN2O3. The van der Waals surface area contributed by atoms with E-state index in [0.29, 0.717) is 12.2 Å². The molecule has 0 bridgehead atoms. The average Bonchev–Trinajstić information content (AvgIpc) is 2.56. The molecule has 1 amide bonds. The van der Waals surface area contributed by atoms with Crippen LogP contribution in [0.1, 0.15) is 22.8 Å². The predicted octanol–water partition coefficient (Wildman–Crippen LogP) is 3.46. The van der Waals surface area contributed by atoms with Crippen molar-refractivity contribution in [3.05, 3.63) is 57.2 Å². The topological polar surface area (TPSA) is 59.9 Å². The molecule has 0 spiro atoms. The van der Waals surface area contributed by atoms with Crippen LogP contribution in [0.2, 0.25) is 0 Å². The van der Waals surface area contributed by atoms with Gasteiger partial charge in [0.15, 0.2) is 0 Å². The van der Waals surface area contributed by atoms with Crippen LogP contribution in [0.25, 0.3) is 0 Å². The van der Waals surface area contributed by atoms with E-state index in [2.05, 4.69) is 33.1 Å². The minimum Gasteiger partial charge on any atom is -0.496 e. The number of ether oxygens (including phenoxy) is 2. The van der Waals surface area contributed by atoms with Crippen molar-refractivity contribution >= 4 is 34.7 Å². The molecule has 5 nitrogen and oxygen atoms in total. The number of para-hydroxylation sites is 1. The molecule has 0 saturated carbocycles. The first kappa shape index (κ1) is 17.3. The van der Waals surface area contributed by atoms with Crippen molar-refractivity contribution in [1.29, 1.82) is 0 Å². The Morgan fingerprint density at radius 1 is 1.26 bits per heavy atom. The summed E-state index contributed by atoms with van der Waals surface area (Å²) in [5, 5.41) is 3.99. The fraction of sp³-hybridized carbons (Fsp3) is 0.176. The fourth-order valence-corrected chi connectivity index (χ4v) is 2.64. The second kappa shape index (κ2) is 8.52. The first-order valence-electron chi connectivity index (χ1n) is 7.04. The van der Waals surface area contributed by atoms with Gasteiger partial charge in [0, 0.05) is 11.1 Å². The molecule has 0 radical (unpaired) electrons. The molecular weight excluding hydrogens is 407 g/mol. The second-order valence-electron chi connectivity index (χ2n) is 4.52. The van der Waals surface area contributed by atoms with Crippen molar-refractivity contribution < 1.29 is 14.3 Å². The number of nitrogens with zero attached hydrogens (tertiary/aromatic N) is 1. The summed E-state index contributed by atoms with van der Waals surface area (Å²) in [7, 11) is 1.59. The van der Waals surface area contributed by atoms with Crippen LogP contribution in [0.5, 0.6) is 11.5 Å². The number of nitrogens with one attached hydrogen (secondary N) is 1. The summed E-state index contributed by atoms with van der Waals surface area (Å²) in [5.41, 5.74) is 3.84. The Morgan fingerprint density at radius 3 is 2.74 bits per heavy atom. The van der Waals surface area contributed by atoms with E-state index in [4.69, 9.17) is 9.47 Å². The molecule has 0 heterocycles. The number of hydrazone groups is 1. The maximum atomic E-state index is 12.1. The maximum Gasteiger partial charge on any atom is 0.271 e. The summed E-state index contributed by atoms with van der Waals surface area (Å²) in [6.45, 7) is 2.49. The molecule has 0 saturated heterocycles. The number of rotatable bonds is 6. The molecule has 1 N–H and O–H groups in total. The molecule has 23 heavy (non-hydrogen) atoms. The third-order valence-corrected chi connectivity index (χ3v) is 3.85. The summed E-state index contributed by atoms with van der Waals surface area (Å²) in [6, 6.07) is 12.7. The number of methoxy groups -OCH3 is 1. The van der Waals surface area contributed by atoms with E-state index in [9.17, 15) is 4.79 Å². The standard InChI is InChI=1S/C17H17IN2O3/c1-3-23-15-7-5-4-6-13(15)11-19-20-17(21)12-8-9-16(22-2)14(18)10-12/h4-11H,3H2,1-2H3,(H,20,21)/b19-11-. The Kier molecular flexibility index (Phi) is 6.40. The number of halogens is 1. The monoisotopic (exact) mass is 424 g/mol. The van der Waals surface area contributed by atoms with Crippen LogP contribution in [0, 0.1) is 3.57 Å². The third kappa shape index (κ3) is 4.69. The molecule has 2 rings (SSSR count). The van der Waals surface area contributed by atoms with Crippen molar-refractivity contribution in [3.63, 3.8) is 0 Å². The van der Waals surface area contributed by atoms with E-state index in [-0.39, 0.29) is 5.91 Å². The van der Waals surface area contributed by atoms with Gasteiger partial charge in [0.1, 0.15) is 11.5 Å². The predicted molar refractivity (Wildman–Crippen MR) is 98.4 cm³/mol. The third-order valence-electron chi connectivity index (χ3n) is 3.00. The highest BCUT2D eigenvalue weighted by molar-refractivity contribution is 14.1. The van der Waals surface area contributed by atoms with Gasteiger partial charge in [0.05, 0.1) is 23.5 Å². The van der Waals surface area contributed by atoms with Crippen molar-refractivity contribution in [2.75, 3.05) is 13.7 Å². The molecule has 6 heteroatoms. The van der Waals surface area contributed by atoms with E-state index in [1.54, 1.807) is 31.5 Å². The molecule has 0 fully saturated rings. The number of benzene rings is 2. The summed E-state index contributed by atoms with van der Waals surface area (Å²) < 4.78 is 11.5.